The highest BCUT2D eigenvalue weighted by atomic mass is 32.2. The maximum Gasteiger partial charge on any atom is 0.273 e. The molecule has 0 unspecified atom stereocenters. The zero-order valence-electron chi connectivity index (χ0n) is 15.5. The zero-order chi connectivity index (χ0) is 18.8. The second-order valence-electron chi connectivity index (χ2n) is 6.59. The third kappa shape index (κ3) is 4.17. The number of aryl methyl sites for hydroxylation is 1. The van der Waals surface area contributed by atoms with Gasteiger partial charge in [0.25, 0.3) is 11.1 Å². The number of oxazole rings is 1. The molecule has 0 spiro atoms. The van der Waals surface area contributed by atoms with Crippen LogP contribution in [0.3, 0.4) is 0 Å². The van der Waals surface area contributed by atoms with Crippen molar-refractivity contribution in [1.29, 1.82) is 0 Å². The molecule has 1 aliphatic heterocycles. The fourth-order valence-corrected chi connectivity index (χ4v) is 4.73. The first-order valence-electron chi connectivity index (χ1n) is 9.08. The molecule has 1 aliphatic rings. The summed E-state index contributed by atoms with van der Waals surface area (Å²) in [5.74, 6) is 0.684. The normalized spacial score (nSPS) is 15.6. The number of aromatic nitrogens is 2. The van der Waals surface area contributed by atoms with Crippen LogP contribution in [0.1, 0.15) is 28.0 Å². The molecule has 0 bridgehead atoms. The largest absolute Gasteiger partial charge is 0.431 e. The Morgan fingerprint density at radius 2 is 2.07 bits per heavy atom. The van der Waals surface area contributed by atoms with Crippen LogP contribution in [0.2, 0.25) is 0 Å². The number of carbonyl (C=O) groups is 1. The number of likely N-dealkylation sites (N-methyl/N-ethyl adjacent to an activating group) is 1. The number of benzene rings is 1. The van der Waals surface area contributed by atoms with E-state index >= 15 is 0 Å². The van der Waals surface area contributed by atoms with Crippen molar-refractivity contribution in [2.24, 2.45) is 0 Å². The summed E-state index contributed by atoms with van der Waals surface area (Å²) < 4.78 is 5.76. The second-order valence-corrected chi connectivity index (χ2v) is 8.46. The van der Waals surface area contributed by atoms with E-state index in [0.29, 0.717) is 16.7 Å². The van der Waals surface area contributed by atoms with Gasteiger partial charge in [-0.15, -0.1) is 11.3 Å². The molecule has 2 aromatic heterocycles. The van der Waals surface area contributed by atoms with Gasteiger partial charge in [-0.3, -0.25) is 4.79 Å². The lowest BCUT2D eigenvalue weighted by atomic mass is 10.2. The van der Waals surface area contributed by atoms with Crippen molar-refractivity contribution >= 4 is 40.1 Å². The molecule has 3 heterocycles. The third-order valence-corrected chi connectivity index (χ3v) is 6.59. The Balaban J connectivity index is 1.36. The van der Waals surface area contributed by atoms with Gasteiger partial charge < -0.3 is 14.2 Å². The van der Waals surface area contributed by atoms with Crippen LogP contribution in [0.25, 0.3) is 11.1 Å². The summed E-state index contributed by atoms with van der Waals surface area (Å²) in [5, 5.41) is 3.41. The smallest absolute Gasteiger partial charge is 0.273 e. The van der Waals surface area contributed by atoms with Crippen LogP contribution < -0.4 is 0 Å². The topological polar surface area (TPSA) is 62.5 Å². The van der Waals surface area contributed by atoms with E-state index in [2.05, 4.69) is 21.8 Å². The van der Waals surface area contributed by atoms with Crippen LogP contribution >= 0.6 is 23.1 Å². The van der Waals surface area contributed by atoms with Gasteiger partial charge in [0.15, 0.2) is 5.58 Å². The number of rotatable bonds is 5. The van der Waals surface area contributed by atoms with Gasteiger partial charge in [0.2, 0.25) is 0 Å². The van der Waals surface area contributed by atoms with E-state index in [4.69, 9.17) is 4.42 Å². The Hall–Kier alpha value is -1.90. The van der Waals surface area contributed by atoms with Gasteiger partial charge >= 0.3 is 0 Å². The van der Waals surface area contributed by atoms with E-state index in [-0.39, 0.29) is 5.91 Å². The van der Waals surface area contributed by atoms with Crippen molar-refractivity contribution in [2.75, 3.05) is 32.7 Å². The number of piperazine rings is 1. The minimum Gasteiger partial charge on any atom is -0.431 e. The molecule has 1 amide bonds. The third-order valence-electron chi connectivity index (χ3n) is 4.72. The van der Waals surface area contributed by atoms with Gasteiger partial charge in [0.05, 0.1) is 5.75 Å². The zero-order valence-corrected chi connectivity index (χ0v) is 17.1. The molecule has 142 valence electrons. The first kappa shape index (κ1) is 18.5. The number of fused-ring (bicyclic) bond motifs is 1. The Kier molecular flexibility index (Phi) is 5.47. The lowest BCUT2D eigenvalue weighted by Gasteiger charge is -2.33. The molecule has 1 fully saturated rings. The summed E-state index contributed by atoms with van der Waals surface area (Å²) >= 11 is 3.02. The van der Waals surface area contributed by atoms with Crippen LogP contribution in [0.4, 0.5) is 0 Å². The molecular weight excluding hydrogens is 380 g/mol. The number of hydrogen-bond donors (Lipinski definition) is 0. The lowest BCUT2D eigenvalue weighted by molar-refractivity contribution is 0.0638. The maximum absolute atomic E-state index is 12.6. The average molecular weight is 403 g/mol. The molecule has 0 atom stereocenters. The molecule has 8 heteroatoms. The van der Waals surface area contributed by atoms with Gasteiger partial charge in [-0.25, -0.2) is 9.97 Å². The monoisotopic (exact) mass is 402 g/mol. The van der Waals surface area contributed by atoms with Gasteiger partial charge in [0, 0.05) is 31.6 Å². The van der Waals surface area contributed by atoms with Crippen LogP contribution in [-0.2, 0) is 5.75 Å². The van der Waals surface area contributed by atoms with Crippen molar-refractivity contribution in [3.05, 3.63) is 39.8 Å². The predicted octanol–water partition coefficient (Wildman–Crippen LogP) is 3.66. The Bertz CT molecular complexity index is 944. The number of hydrogen-bond acceptors (Lipinski definition) is 7. The average Bonchev–Trinajstić information content (AvgIpc) is 3.32. The van der Waals surface area contributed by atoms with E-state index in [0.717, 1.165) is 54.4 Å². The van der Waals surface area contributed by atoms with Gasteiger partial charge in [-0.05, 0) is 31.2 Å². The number of thioether (sulfide) groups is 1. The van der Waals surface area contributed by atoms with Crippen molar-refractivity contribution in [3.8, 4) is 0 Å². The predicted molar refractivity (Wildman–Crippen MR) is 108 cm³/mol. The standard InChI is InChI=1S/C19H22N4O2S2/c1-3-22-6-8-23(9-7-22)18(24)15-11-26-17(20-15)12-27-19-21-14-10-13(2)4-5-16(14)25-19/h4-5,10-11H,3,6-9,12H2,1-2H3. The maximum atomic E-state index is 12.6. The van der Waals surface area contributed by atoms with E-state index in [1.165, 1.54) is 23.1 Å². The molecule has 0 radical (unpaired) electrons. The minimum atomic E-state index is 0.0376. The Morgan fingerprint density at radius 3 is 2.85 bits per heavy atom. The van der Waals surface area contributed by atoms with Crippen molar-refractivity contribution in [2.45, 2.75) is 24.8 Å². The molecular formula is C19H22N4O2S2. The fourth-order valence-electron chi connectivity index (χ4n) is 3.11. The van der Waals surface area contributed by atoms with Crippen LogP contribution in [0, 0.1) is 6.92 Å². The summed E-state index contributed by atoms with van der Waals surface area (Å²) in [6, 6.07) is 5.97. The van der Waals surface area contributed by atoms with Crippen molar-refractivity contribution in [3.63, 3.8) is 0 Å². The molecule has 0 saturated carbocycles. The van der Waals surface area contributed by atoms with Gasteiger partial charge in [-0.2, -0.15) is 0 Å². The van der Waals surface area contributed by atoms with Crippen molar-refractivity contribution in [1.82, 2.24) is 19.8 Å². The summed E-state index contributed by atoms with van der Waals surface area (Å²) in [4.78, 5) is 25.9. The Morgan fingerprint density at radius 1 is 1.26 bits per heavy atom. The summed E-state index contributed by atoms with van der Waals surface area (Å²) in [6.45, 7) is 8.65. The van der Waals surface area contributed by atoms with E-state index < -0.39 is 0 Å². The lowest BCUT2D eigenvalue weighted by Crippen LogP contribution is -2.48. The SMILES string of the molecule is CCN1CCN(C(=O)c2csc(CSc3nc4cc(C)ccc4o3)n2)CC1. The molecule has 0 aliphatic carbocycles. The molecule has 3 aromatic rings. The first-order valence-corrected chi connectivity index (χ1v) is 10.9. The highest BCUT2D eigenvalue weighted by Gasteiger charge is 2.23. The Labute approximate surface area is 166 Å². The molecule has 0 N–H and O–H groups in total. The number of nitrogens with zero attached hydrogens (tertiary/aromatic N) is 4. The summed E-state index contributed by atoms with van der Waals surface area (Å²) in [5.41, 5.74) is 3.38. The number of thiazole rings is 1. The van der Waals surface area contributed by atoms with Gasteiger partial charge in [0.1, 0.15) is 16.2 Å². The second kappa shape index (κ2) is 8.00. The minimum absolute atomic E-state index is 0.0376. The van der Waals surface area contributed by atoms with Gasteiger partial charge in [-0.1, -0.05) is 24.8 Å². The molecule has 1 aromatic carbocycles. The van der Waals surface area contributed by atoms with Crippen molar-refractivity contribution < 1.29 is 9.21 Å². The van der Waals surface area contributed by atoms with Crippen LogP contribution in [0.15, 0.2) is 33.2 Å². The number of carbonyl (C=O) groups excluding carboxylic acids is 1. The fraction of sp³-hybridized carbons (Fsp3) is 0.421. The highest BCUT2D eigenvalue weighted by Crippen LogP contribution is 2.28. The summed E-state index contributed by atoms with van der Waals surface area (Å²) in [7, 11) is 0. The van der Waals surface area contributed by atoms with Crippen LogP contribution in [0.5, 0.6) is 0 Å². The molecule has 27 heavy (non-hydrogen) atoms. The molecule has 6 nitrogen and oxygen atoms in total. The number of amides is 1. The quantitative estimate of drug-likeness (QED) is 0.607. The highest BCUT2D eigenvalue weighted by molar-refractivity contribution is 7.98. The van der Waals surface area contributed by atoms with E-state index in [1.54, 1.807) is 0 Å². The molecule has 4 rings (SSSR count). The van der Waals surface area contributed by atoms with E-state index in [1.807, 2.05) is 35.4 Å². The van der Waals surface area contributed by atoms with E-state index in [9.17, 15) is 4.79 Å². The van der Waals surface area contributed by atoms with Crippen LogP contribution in [-0.4, -0.2) is 58.4 Å². The summed E-state index contributed by atoms with van der Waals surface area (Å²) in [6.07, 6.45) is 0. The molecule has 1 saturated heterocycles. The first-order chi connectivity index (χ1) is 13.1.